The van der Waals surface area contributed by atoms with Gasteiger partial charge in [-0.1, -0.05) is 60.7 Å². The average Bonchev–Trinajstić information content (AvgIpc) is 2.66. The molecule has 0 aliphatic rings. The van der Waals surface area contributed by atoms with Crippen molar-refractivity contribution in [3.63, 3.8) is 0 Å². The topological polar surface area (TPSA) is 80.9 Å². The maximum absolute atomic E-state index is 9.87. The number of phenolic OH excluding ortho intramolecular Hbond substituents is 4. The molecule has 4 nitrogen and oxygen atoms in total. The largest absolute Gasteiger partial charge is 0.504 e. The van der Waals surface area contributed by atoms with Gasteiger partial charge in [-0.15, -0.1) is 0 Å². The lowest BCUT2D eigenvalue weighted by atomic mass is 10.0. The summed E-state index contributed by atoms with van der Waals surface area (Å²) < 4.78 is 0. The fraction of sp³-hybridized carbons (Fsp3) is 0.0909. The molecule has 0 saturated carbocycles. The Balaban J connectivity index is 1.78. The molecule has 0 atom stereocenters. The van der Waals surface area contributed by atoms with Crippen molar-refractivity contribution in [2.75, 3.05) is 0 Å². The summed E-state index contributed by atoms with van der Waals surface area (Å²) in [4.78, 5) is 0. The molecule has 4 N–H and O–H groups in total. The molecule has 0 aromatic heterocycles. The molecular weight excluding hydrogens is 328 g/mol. The second kappa shape index (κ2) is 7.66. The van der Waals surface area contributed by atoms with Gasteiger partial charge in [0, 0.05) is 6.07 Å². The molecule has 3 aromatic carbocycles. The van der Waals surface area contributed by atoms with Gasteiger partial charge < -0.3 is 20.4 Å². The summed E-state index contributed by atoms with van der Waals surface area (Å²) in [7, 11) is 0. The Morgan fingerprint density at radius 1 is 0.615 bits per heavy atom. The monoisotopic (exact) mass is 348 g/mol. The van der Waals surface area contributed by atoms with Gasteiger partial charge in [0.15, 0.2) is 23.0 Å². The first kappa shape index (κ1) is 17.4. The van der Waals surface area contributed by atoms with Crippen molar-refractivity contribution in [1.29, 1.82) is 0 Å². The van der Waals surface area contributed by atoms with Crippen LogP contribution in [0.5, 0.6) is 23.0 Å². The predicted octanol–water partition coefficient (Wildman–Crippen LogP) is 4.46. The van der Waals surface area contributed by atoms with E-state index in [1.54, 1.807) is 6.08 Å². The van der Waals surface area contributed by atoms with E-state index in [1.165, 1.54) is 17.2 Å². The number of hydrogen-bond donors (Lipinski definition) is 4. The summed E-state index contributed by atoms with van der Waals surface area (Å²) in [5.41, 5.74) is 3.30. The number of hydrogen-bond acceptors (Lipinski definition) is 4. The van der Waals surface area contributed by atoms with E-state index in [9.17, 15) is 20.4 Å². The number of aromatic hydroxyl groups is 4. The van der Waals surface area contributed by atoms with Crippen molar-refractivity contribution < 1.29 is 20.4 Å². The fourth-order valence-electron chi connectivity index (χ4n) is 2.78. The third-order valence-electron chi connectivity index (χ3n) is 4.21. The zero-order valence-corrected chi connectivity index (χ0v) is 14.1. The highest BCUT2D eigenvalue weighted by Crippen LogP contribution is 2.42. The van der Waals surface area contributed by atoms with Crippen molar-refractivity contribution >= 4 is 12.2 Å². The molecule has 26 heavy (non-hydrogen) atoms. The average molecular weight is 348 g/mol. The first-order chi connectivity index (χ1) is 12.5. The number of rotatable bonds is 5. The maximum Gasteiger partial charge on any atom is 0.168 e. The van der Waals surface area contributed by atoms with Crippen LogP contribution in [0.2, 0.25) is 0 Å². The van der Waals surface area contributed by atoms with Gasteiger partial charge in [-0.05, 0) is 35.6 Å². The van der Waals surface area contributed by atoms with E-state index in [1.807, 2.05) is 36.4 Å². The Labute approximate surface area is 151 Å². The lowest BCUT2D eigenvalue weighted by Gasteiger charge is -2.07. The van der Waals surface area contributed by atoms with Crippen LogP contribution in [0.1, 0.15) is 22.3 Å². The first-order valence-corrected chi connectivity index (χ1v) is 8.32. The molecule has 0 saturated heterocycles. The van der Waals surface area contributed by atoms with E-state index in [2.05, 4.69) is 18.2 Å². The SMILES string of the molecule is Oc1cc(O)c(O)c(C=Cc2cccc(CCc3ccccc3)c2)c1O. The number of aryl methyl sites for hydroxylation is 2. The zero-order valence-electron chi connectivity index (χ0n) is 14.1. The molecule has 0 aliphatic carbocycles. The maximum atomic E-state index is 9.87. The number of phenols is 4. The van der Waals surface area contributed by atoms with Gasteiger partial charge in [-0.2, -0.15) is 0 Å². The highest BCUT2D eigenvalue weighted by molar-refractivity contribution is 5.79. The van der Waals surface area contributed by atoms with Crippen molar-refractivity contribution in [1.82, 2.24) is 0 Å². The third kappa shape index (κ3) is 3.98. The van der Waals surface area contributed by atoms with Crippen molar-refractivity contribution in [3.8, 4) is 23.0 Å². The second-order valence-corrected chi connectivity index (χ2v) is 6.09. The molecular formula is C22H20O4. The molecule has 0 radical (unpaired) electrons. The highest BCUT2D eigenvalue weighted by Gasteiger charge is 2.14. The summed E-state index contributed by atoms with van der Waals surface area (Å²) in [6.07, 6.45) is 5.01. The quantitative estimate of drug-likeness (QED) is 0.312. The van der Waals surface area contributed by atoms with Crippen LogP contribution in [-0.4, -0.2) is 20.4 Å². The minimum absolute atomic E-state index is 0.0304. The Kier molecular flexibility index (Phi) is 5.13. The van der Waals surface area contributed by atoms with Gasteiger partial charge in [0.05, 0.1) is 5.56 Å². The van der Waals surface area contributed by atoms with Crippen LogP contribution in [0.15, 0.2) is 60.7 Å². The van der Waals surface area contributed by atoms with Crippen molar-refractivity contribution in [2.45, 2.75) is 12.8 Å². The molecule has 0 heterocycles. The van der Waals surface area contributed by atoms with Gasteiger partial charge in [-0.25, -0.2) is 0 Å². The van der Waals surface area contributed by atoms with E-state index < -0.39 is 23.0 Å². The molecule has 132 valence electrons. The summed E-state index contributed by atoms with van der Waals surface area (Å²) in [5.74, 6) is -1.93. The molecule has 0 fully saturated rings. The van der Waals surface area contributed by atoms with Gasteiger partial charge in [0.2, 0.25) is 0 Å². The summed E-state index contributed by atoms with van der Waals surface area (Å²) in [5, 5.41) is 38.9. The lowest BCUT2D eigenvalue weighted by molar-refractivity contribution is 0.371. The number of benzene rings is 3. The van der Waals surface area contributed by atoms with Crippen LogP contribution in [0.4, 0.5) is 0 Å². The first-order valence-electron chi connectivity index (χ1n) is 8.32. The van der Waals surface area contributed by atoms with Crippen molar-refractivity contribution in [3.05, 3.63) is 82.9 Å². The summed E-state index contributed by atoms with van der Waals surface area (Å²) in [6, 6.07) is 19.1. The molecule has 0 aliphatic heterocycles. The molecule has 0 spiro atoms. The lowest BCUT2D eigenvalue weighted by Crippen LogP contribution is -1.91. The van der Waals surface area contributed by atoms with Gasteiger partial charge in [-0.3, -0.25) is 0 Å². The van der Waals surface area contributed by atoms with Crippen LogP contribution in [0.3, 0.4) is 0 Å². The van der Waals surface area contributed by atoms with Gasteiger partial charge >= 0.3 is 0 Å². The van der Waals surface area contributed by atoms with E-state index in [-0.39, 0.29) is 5.56 Å². The Bertz CT molecular complexity index is 904. The molecule has 0 unspecified atom stereocenters. The second-order valence-electron chi connectivity index (χ2n) is 6.09. The van der Waals surface area contributed by atoms with Crippen LogP contribution >= 0.6 is 0 Å². The zero-order chi connectivity index (χ0) is 18.5. The Morgan fingerprint density at radius 2 is 1.23 bits per heavy atom. The van der Waals surface area contributed by atoms with Crippen LogP contribution in [0, 0.1) is 0 Å². The van der Waals surface area contributed by atoms with Crippen LogP contribution in [-0.2, 0) is 12.8 Å². The highest BCUT2D eigenvalue weighted by atomic mass is 16.3. The van der Waals surface area contributed by atoms with Crippen LogP contribution < -0.4 is 0 Å². The third-order valence-corrected chi connectivity index (χ3v) is 4.21. The fourth-order valence-corrected chi connectivity index (χ4v) is 2.78. The normalized spacial score (nSPS) is 11.1. The summed E-state index contributed by atoms with van der Waals surface area (Å²) >= 11 is 0. The molecule has 0 bridgehead atoms. The standard InChI is InChI=1S/C22H20O4/c23-19-14-20(24)22(26)18(21(19)25)12-11-17-8-4-7-16(13-17)10-9-15-5-2-1-3-6-15/h1-8,11-14,23-26H,9-10H2. The molecule has 4 heteroatoms. The molecule has 0 amide bonds. The Hall–Kier alpha value is -3.40. The van der Waals surface area contributed by atoms with Crippen molar-refractivity contribution in [2.24, 2.45) is 0 Å². The molecule has 3 aromatic rings. The predicted molar refractivity (Wildman–Crippen MR) is 102 cm³/mol. The van der Waals surface area contributed by atoms with Gasteiger partial charge in [0.25, 0.3) is 0 Å². The van der Waals surface area contributed by atoms with E-state index in [0.717, 1.165) is 24.5 Å². The summed E-state index contributed by atoms with van der Waals surface area (Å²) in [6.45, 7) is 0. The minimum atomic E-state index is -0.489. The van der Waals surface area contributed by atoms with E-state index >= 15 is 0 Å². The van der Waals surface area contributed by atoms with Crippen LogP contribution in [0.25, 0.3) is 12.2 Å². The Morgan fingerprint density at radius 3 is 1.92 bits per heavy atom. The molecule has 3 rings (SSSR count). The smallest absolute Gasteiger partial charge is 0.168 e. The minimum Gasteiger partial charge on any atom is -0.504 e. The van der Waals surface area contributed by atoms with E-state index in [4.69, 9.17) is 0 Å². The van der Waals surface area contributed by atoms with E-state index in [0.29, 0.717) is 0 Å². The van der Waals surface area contributed by atoms with Gasteiger partial charge in [0.1, 0.15) is 0 Å².